The maximum absolute atomic E-state index is 15.0. The molecule has 0 saturated heterocycles. The molecule has 2 amide bonds. The number of thioether (sulfide) groups is 1. The third kappa shape index (κ3) is 7.60. The van der Waals surface area contributed by atoms with E-state index < -0.39 is 29.5 Å². The van der Waals surface area contributed by atoms with E-state index in [1.165, 1.54) is 6.07 Å². The fourth-order valence-corrected chi connectivity index (χ4v) is 4.56. The summed E-state index contributed by atoms with van der Waals surface area (Å²) in [6.45, 7) is 11.2. The summed E-state index contributed by atoms with van der Waals surface area (Å²) >= 11 is 7.15. The summed E-state index contributed by atoms with van der Waals surface area (Å²) in [5, 5.41) is 0.00979. The second-order valence-electron chi connectivity index (χ2n) is 8.24. The first-order valence-corrected chi connectivity index (χ1v) is 12.4. The first-order valence-electron chi connectivity index (χ1n) is 11.2. The van der Waals surface area contributed by atoms with Crippen molar-refractivity contribution < 1.29 is 18.8 Å². The molecule has 3 unspecified atom stereocenters. The number of benzene rings is 1. The van der Waals surface area contributed by atoms with Crippen molar-refractivity contribution in [1.29, 1.82) is 0 Å². The number of carbonyl (C=O) groups is 3. The van der Waals surface area contributed by atoms with Gasteiger partial charge in [0.2, 0.25) is 11.8 Å². The Morgan fingerprint density at radius 1 is 0.903 bits per heavy atom. The molecule has 0 bridgehead atoms. The van der Waals surface area contributed by atoms with Crippen LogP contribution < -0.4 is 4.90 Å². The molecule has 7 heteroatoms. The zero-order valence-electron chi connectivity index (χ0n) is 19.5. The van der Waals surface area contributed by atoms with E-state index in [2.05, 4.69) is 0 Å². The van der Waals surface area contributed by atoms with Gasteiger partial charge in [0.25, 0.3) is 0 Å². The van der Waals surface area contributed by atoms with Crippen LogP contribution in [0.25, 0.3) is 0 Å². The van der Waals surface area contributed by atoms with E-state index in [4.69, 9.17) is 11.6 Å². The van der Waals surface area contributed by atoms with Crippen molar-refractivity contribution in [3.05, 3.63) is 23.0 Å². The Kier molecular flexibility index (Phi) is 11.8. The predicted octanol–water partition coefficient (Wildman–Crippen LogP) is 7.27. The summed E-state index contributed by atoms with van der Waals surface area (Å²) in [4.78, 5) is 40.2. The Hall–Kier alpha value is -1.40. The number of nitrogens with zero attached hydrogens (tertiary/aromatic N) is 1. The van der Waals surface area contributed by atoms with Crippen LogP contribution in [0, 0.1) is 23.6 Å². The van der Waals surface area contributed by atoms with Gasteiger partial charge < -0.3 is 0 Å². The first-order chi connectivity index (χ1) is 14.6. The van der Waals surface area contributed by atoms with E-state index >= 15 is 0 Å². The Balaban J connectivity index is 3.44. The van der Waals surface area contributed by atoms with E-state index in [0.29, 0.717) is 17.7 Å². The molecule has 0 saturated carbocycles. The quantitative estimate of drug-likeness (QED) is 0.318. The molecule has 0 radical (unpaired) electrons. The molecule has 174 valence electrons. The van der Waals surface area contributed by atoms with Crippen LogP contribution in [0.1, 0.15) is 80.1 Å². The van der Waals surface area contributed by atoms with Crippen LogP contribution >= 0.6 is 23.4 Å². The highest BCUT2D eigenvalue weighted by atomic mass is 35.5. The van der Waals surface area contributed by atoms with E-state index in [1.54, 1.807) is 13.8 Å². The predicted molar refractivity (Wildman–Crippen MR) is 127 cm³/mol. The summed E-state index contributed by atoms with van der Waals surface area (Å²) in [7, 11) is 0. The van der Waals surface area contributed by atoms with Crippen molar-refractivity contribution in [1.82, 2.24) is 0 Å². The zero-order chi connectivity index (χ0) is 23.7. The summed E-state index contributed by atoms with van der Waals surface area (Å²) in [6.07, 6.45) is 4.34. The Morgan fingerprint density at radius 2 is 1.35 bits per heavy atom. The molecule has 0 spiro atoms. The second-order valence-corrected chi connectivity index (χ2v) is 9.69. The molecule has 0 fully saturated rings. The largest absolute Gasteiger partial charge is 0.287 e. The van der Waals surface area contributed by atoms with Crippen molar-refractivity contribution in [3.8, 4) is 0 Å². The topological polar surface area (TPSA) is 54.5 Å². The standard InChI is InChI=1S/C24H35ClFNO3S/c1-7-10-15(4)22(28)27(23(29)16(5)11-8-2)20-14-21(18(25)13-19(20)26)31-24(30)17(6)12-9-3/h13-17H,7-12H2,1-6H3. The maximum atomic E-state index is 15.0. The Bertz CT molecular complexity index is 762. The van der Waals surface area contributed by atoms with Crippen LogP contribution in [0.2, 0.25) is 5.02 Å². The molecule has 3 atom stereocenters. The molecule has 1 aromatic rings. The molecular formula is C24H35ClFNO3S. The van der Waals surface area contributed by atoms with Crippen molar-refractivity contribution in [3.63, 3.8) is 0 Å². The molecule has 4 nitrogen and oxygen atoms in total. The number of anilines is 1. The van der Waals surface area contributed by atoms with Crippen LogP contribution in [-0.4, -0.2) is 16.9 Å². The van der Waals surface area contributed by atoms with Gasteiger partial charge in [-0.2, -0.15) is 0 Å². The highest BCUT2D eigenvalue weighted by Crippen LogP contribution is 2.37. The first kappa shape index (κ1) is 27.6. The van der Waals surface area contributed by atoms with E-state index in [0.717, 1.165) is 48.4 Å². The molecular weight excluding hydrogens is 437 g/mol. The van der Waals surface area contributed by atoms with Crippen LogP contribution in [0.4, 0.5) is 10.1 Å². The SMILES string of the molecule is CCCC(C)C(=O)Sc1cc(N(C(=O)C(C)CCC)C(=O)C(C)CCC)c(F)cc1Cl. The van der Waals surface area contributed by atoms with Crippen molar-refractivity contribution >= 4 is 46.0 Å². The van der Waals surface area contributed by atoms with Crippen molar-refractivity contribution in [2.45, 2.75) is 85.0 Å². The van der Waals surface area contributed by atoms with Crippen LogP contribution in [-0.2, 0) is 14.4 Å². The van der Waals surface area contributed by atoms with Crippen molar-refractivity contribution in [2.75, 3.05) is 4.90 Å². The average Bonchev–Trinajstić information content (AvgIpc) is 2.71. The number of rotatable bonds is 11. The third-order valence-corrected chi connectivity index (χ3v) is 6.89. The van der Waals surface area contributed by atoms with Gasteiger partial charge in [-0.1, -0.05) is 84.2 Å². The van der Waals surface area contributed by atoms with Crippen LogP contribution in [0.15, 0.2) is 17.0 Å². The minimum Gasteiger partial charge on any atom is -0.287 e. The number of hydrogen-bond donors (Lipinski definition) is 0. The van der Waals surface area contributed by atoms with Crippen molar-refractivity contribution in [2.24, 2.45) is 17.8 Å². The number of amides is 2. The van der Waals surface area contributed by atoms with Gasteiger partial charge in [-0.05, 0) is 31.4 Å². The molecule has 0 aliphatic carbocycles. The summed E-state index contributed by atoms with van der Waals surface area (Å²) < 4.78 is 15.0. The molecule has 31 heavy (non-hydrogen) atoms. The maximum Gasteiger partial charge on any atom is 0.236 e. The monoisotopic (exact) mass is 471 g/mol. The van der Waals surface area contributed by atoms with E-state index in [-0.39, 0.29) is 21.7 Å². The van der Waals surface area contributed by atoms with Gasteiger partial charge in [0.15, 0.2) is 5.12 Å². The molecule has 0 heterocycles. The fraction of sp³-hybridized carbons (Fsp3) is 0.625. The summed E-state index contributed by atoms with van der Waals surface area (Å²) in [5.41, 5.74) is -0.135. The summed E-state index contributed by atoms with van der Waals surface area (Å²) in [6, 6.07) is 2.45. The lowest BCUT2D eigenvalue weighted by molar-refractivity contribution is -0.130. The third-order valence-electron chi connectivity index (χ3n) is 5.30. The van der Waals surface area contributed by atoms with Gasteiger partial charge in [0.05, 0.1) is 10.7 Å². The fourth-order valence-electron chi connectivity index (χ4n) is 3.43. The molecule has 0 aliphatic rings. The van der Waals surface area contributed by atoms with Gasteiger partial charge in [-0.25, -0.2) is 9.29 Å². The van der Waals surface area contributed by atoms with E-state index in [1.807, 2.05) is 27.7 Å². The van der Waals surface area contributed by atoms with Gasteiger partial charge in [-0.15, -0.1) is 0 Å². The lowest BCUT2D eigenvalue weighted by atomic mass is 10.00. The molecule has 0 aliphatic heterocycles. The molecule has 1 aromatic carbocycles. The van der Waals surface area contributed by atoms with Gasteiger partial charge >= 0.3 is 0 Å². The Morgan fingerprint density at radius 3 is 1.81 bits per heavy atom. The molecule has 0 aromatic heterocycles. The van der Waals surface area contributed by atoms with Gasteiger partial charge in [0.1, 0.15) is 5.82 Å². The molecule has 1 rings (SSSR count). The highest BCUT2D eigenvalue weighted by molar-refractivity contribution is 8.13. The zero-order valence-corrected chi connectivity index (χ0v) is 21.0. The lowest BCUT2D eigenvalue weighted by Gasteiger charge is -2.27. The second kappa shape index (κ2) is 13.2. The minimum absolute atomic E-state index is 0.0794. The highest BCUT2D eigenvalue weighted by Gasteiger charge is 2.33. The van der Waals surface area contributed by atoms with Crippen LogP contribution in [0.5, 0.6) is 0 Å². The van der Waals surface area contributed by atoms with Gasteiger partial charge in [-0.3, -0.25) is 14.4 Å². The number of halogens is 2. The lowest BCUT2D eigenvalue weighted by Crippen LogP contribution is -2.43. The van der Waals surface area contributed by atoms with Crippen LogP contribution in [0.3, 0.4) is 0 Å². The smallest absolute Gasteiger partial charge is 0.236 e. The average molecular weight is 472 g/mol. The van der Waals surface area contributed by atoms with E-state index in [9.17, 15) is 18.8 Å². The summed E-state index contributed by atoms with van der Waals surface area (Å²) in [5.74, 6) is -2.65. The molecule has 0 N–H and O–H groups in total. The number of carbonyl (C=O) groups excluding carboxylic acids is 3. The normalized spacial score (nSPS) is 14.1. The number of hydrogen-bond acceptors (Lipinski definition) is 4. The minimum atomic E-state index is -0.752. The van der Waals surface area contributed by atoms with Gasteiger partial charge in [0, 0.05) is 22.6 Å². The Labute approximate surface area is 195 Å². The number of imide groups is 1.